The Kier molecular flexibility index (Phi) is 8.96. The van der Waals surface area contributed by atoms with Crippen molar-refractivity contribution in [3.8, 4) is 10.4 Å². The summed E-state index contributed by atoms with van der Waals surface area (Å²) >= 11 is 1.23. The summed E-state index contributed by atoms with van der Waals surface area (Å²) in [4.78, 5) is 17.2. The number of ether oxygens (including phenoxy) is 3. The Morgan fingerprint density at radius 1 is 1.20 bits per heavy atom. The molecule has 0 bridgehead atoms. The zero-order chi connectivity index (χ0) is 25.6. The van der Waals surface area contributed by atoms with Crippen LogP contribution in [0.25, 0.3) is 10.4 Å². The molecule has 0 fully saturated rings. The molecule has 9 heteroatoms. The van der Waals surface area contributed by atoms with E-state index in [1.165, 1.54) is 17.4 Å². The minimum absolute atomic E-state index is 0.156. The van der Waals surface area contributed by atoms with Gasteiger partial charge in [0.1, 0.15) is 16.6 Å². The second kappa shape index (κ2) is 11.7. The lowest BCUT2D eigenvalue weighted by Crippen LogP contribution is -2.19. The van der Waals surface area contributed by atoms with Crippen molar-refractivity contribution in [1.82, 2.24) is 4.98 Å². The van der Waals surface area contributed by atoms with Crippen LogP contribution in [0.4, 0.5) is 15.2 Å². The van der Waals surface area contributed by atoms with E-state index in [9.17, 15) is 4.79 Å². The summed E-state index contributed by atoms with van der Waals surface area (Å²) in [6.45, 7) is 8.97. The van der Waals surface area contributed by atoms with Gasteiger partial charge in [0.2, 0.25) is 0 Å². The molecule has 0 aliphatic heterocycles. The van der Waals surface area contributed by atoms with E-state index in [1.807, 2.05) is 45.9 Å². The zero-order valence-electron chi connectivity index (χ0n) is 20.7. The van der Waals surface area contributed by atoms with Gasteiger partial charge in [-0.25, -0.2) is 9.37 Å². The standard InChI is InChI=1S/C26H32FN3O4S/c1-16(2)34-12-11-33-15-18-7-6-8-23(29-18)30-25-20(24(28)31)14-22(35-25)19-10-9-17(13-21(19)27)26(3,4)32-5/h6-10,13-14,16H,11-12,15H2,1-5H3,(H2,28,31)(H,29,30). The zero-order valence-corrected chi connectivity index (χ0v) is 21.5. The van der Waals surface area contributed by atoms with E-state index in [0.29, 0.717) is 46.6 Å². The maximum Gasteiger partial charge on any atom is 0.251 e. The molecule has 0 aliphatic carbocycles. The quantitative estimate of drug-likeness (QED) is 0.313. The second-order valence-electron chi connectivity index (χ2n) is 8.74. The van der Waals surface area contributed by atoms with Crippen LogP contribution >= 0.6 is 11.3 Å². The summed E-state index contributed by atoms with van der Waals surface area (Å²) in [5, 5.41) is 3.64. The summed E-state index contributed by atoms with van der Waals surface area (Å²) in [6, 6.07) is 12.0. The number of anilines is 2. The third-order valence-electron chi connectivity index (χ3n) is 5.41. The highest BCUT2D eigenvalue weighted by atomic mass is 32.1. The van der Waals surface area contributed by atoms with Crippen LogP contribution in [-0.2, 0) is 26.4 Å². The molecule has 0 saturated carbocycles. The number of hydrogen-bond acceptors (Lipinski definition) is 7. The first-order chi connectivity index (χ1) is 16.6. The highest BCUT2D eigenvalue weighted by Crippen LogP contribution is 2.39. The Labute approximate surface area is 209 Å². The van der Waals surface area contributed by atoms with Crippen LogP contribution in [0.15, 0.2) is 42.5 Å². The Balaban J connectivity index is 1.78. The molecule has 0 radical (unpaired) electrons. The van der Waals surface area contributed by atoms with Gasteiger partial charge in [-0.2, -0.15) is 0 Å². The summed E-state index contributed by atoms with van der Waals surface area (Å²) in [5.74, 6) is -0.495. The number of nitrogens with two attached hydrogens (primary N) is 1. The van der Waals surface area contributed by atoms with Gasteiger partial charge in [0.15, 0.2) is 0 Å². The third kappa shape index (κ3) is 7.08. The molecule has 188 valence electrons. The minimum atomic E-state index is -0.623. The molecule has 2 heterocycles. The molecule has 3 N–H and O–H groups in total. The SMILES string of the molecule is COC(C)(C)c1ccc(-c2cc(C(N)=O)c(Nc3cccc(COCCOC(C)C)n3)s2)c(F)c1. The highest BCUT2D eigenvalue weighted by molar-refractivity contribution is 7.19. The summed E-state index contributed by atoms with van der Waals surface area (Å²) in [7, 11) is 1.58. The number of carbonyl (C=O) groups excluding carboxylic acids is 1. The lowest BCUT2D eigenvalue weighted by Gasteiger charge is -2.23. The number of rotatable bonds is 12. The average molecular weight is 502 g/mol. The van der Waals surface area contributed by atoms with Crippen molar-refractivity contribution < 1.29 is 23.4 Å². The predicted octanol–water partition coefficient (Wildman–Crippen LogP) is 5.61. The van der Waals surface area contributed by atoms with Gasteiger partial charge in [-0.05, 0) is 57.5 Å². The van der Waals surface area contributed by atoms with Crippen LogP contribution < -0.4 is 11.1 Å². The van der Waals surface area contributed by atoms with Crippen LogP contribution in [0.1, 0.15) is 49.3 Å². The highest BCUT2D eigenvalue weighted by Gasteiger charge is 2.23. The van der Waals surface area contributed by atoms with E-state index < -0.39 is 17.3 Å². The molecule has 35 heavy (non-hydrogen) atoms. The Morgan fingerprint density at radius 3 is 2.63 bits per heavy atom. The number of nitrogens with one attached hydrogen (secondary N) is 1. The van der Waals surface area contributed by atoms with Crippen molar-refractivity contribution in [3.63, 3.8) is 0 Å². The first-order valence-corrected chi connectivity index (χ1v) is 12.1. The fourth-order valence-electron chi connectivity index (χ4n) is 3.27. The third-order valence-corrected chi connectivity index (χ3v) is 6.50. The van der Waals surface area contributed by atoms with Crippen molar-refractivity contribution in [2.24, 2.45) is 5.73 Å². The van der Waals surface area contributed by atoms with Crippen LogP contribution in [0.5, 0.6) is 0 Å². The number of aromatic nitrogens is 1. The van der Waals surface area contributed by atoms with Crippen LogP contribution in [0.2, 0.25) is 0 Å². The molecule has 2 aromatic heterocycles. The Bertz CT molecular complexity index is 1160. The normalized spacial score (nSPS) is 11.7. The van der Waals surface area contributed by atoms with Crippen molar-refractivity contribution in [1.29, 1.82) is 0 Å². The van der Waals surface area contributed by atoms with Gasteiger partial charge in [0, 0.05) is 17.6 Å². The van der Waals surface area contributed by atoms with Gasteiger partial charge in [0.05, 0.1) is 42.8 Å². The maximum atomic E-state index is 15.0. The van der Waals surface area contributed by atoms with Gasteiger partial charge in [-0.3, -0.25) is 4.79 Å². The maximum absolute atomic E-state index is 15.0. The lowest BCUT2D eigenvalue weighted by molar-refractivity contribution is 0.0136. The van der Waals surface area contributed by atoms with E-state index >= 15 is 4.39 Å². The van der Waals surface area contributed by atoms with Gasteiger partial charge < -0.3 is 25.3 Å². The van der Waals surface area contributed by atoms with Gasteiger partial charge in [-0.1, -0.05) is 18.2 Å². The lowest BCUT2D eigenvalue weighted by atomic mass is 9.96. The number of pyridine rings is 1. The number of thiophene rings is 1. The van der Waals surface area contributed by atoms with Crippen LogP contribution in [-0.4, -0.2) is 37.3 Å². The van der Waals surface area contributed by atoms with Crippen molar-refractivity contribution >= 4 is 28.1 Å². The molecular weight excluding hydrogens is 469 g/mol. The number of nitrogens with zero attached hydrogens (tertiary/aromatic N) is 1. The second-order valence-corrected chi connectivity index (χ2v) is 9.79. The number of primary amides is 1. The molecule has 0 spiro atoms. The van der Waals surface area contributed by atoms with Crippen molar-refractivity contribution in [2.75, 3.05) is 25.6 Å². The minimum Gasteiger partial charge on any atom is -0.376 e. The number of amides is 1. The van der Waals surface area contributed by atoms with Crippen molar-refractivity contribution in [2.45, 2.75) is 46.0 Å². The average Bonchev–Trinajstić information content (AvgIpc) is 3.22. The van der Waals surface area contributed by atoms with Gasteiger partial charge in [0.25, 0.3) is 5.91 Å². The van der Waals surface area contributed by atoms with Gasteiger partial charge in [-0.15, -0.1) is 11.3 Å². The molecule has 0 saturated heterocycles. The number of carbonyl (C=O) groups is 1. The number of benzene rings is 1. The molecule has 1 amide bonds. The summed E-state index contributed by atoms with van der Waals surface area (Å²) in [6.07, 6.45) is 0.156. The topological polar surface area (TPSA) is 95.7 Å². The number of methoxy groups -OCH3 is 1. The molecule has 1 aromatic carbocycles. The van der Waals surface area contributed by atoms with E-state index in [2.05, 4.69) is 10.3 Å². The largest absolute Gasteiger partial charge is 0.376 e. The fourth-order valence-corrected chi connectivity index (χ4v) is 4.37. The molecule has 3 aromatic rings. The Hall–Kier alpha value is -2.85. The molecule has 0 atom stereocenters. The summed E-state index contributed by atoms with van der Waals surface area (Å²) < 4.78 is 31.5. The smallest absolute Gasteiger partial charge is 0.251 e. The van der Waals surface area contributed by atoms with E-state index in [1.54, 1.807) is 25.3 Å². The Morgan fingerprint density at radius 2 is 1.97 bits per heavy atom. The number of hydrogen-bond donors (Lipinski definition) is 2. The molecule has 0 unspecified atom stereocenters. The fraction of sp³-hybridized carbons (Fsp3) is 0.385. The molecule has 7 nitrogen and oxygen atoms in total. The summed E-state index contributed by atoms with van der Waals surface area (Å²) in [5.41, 5.74) is 7.06. The van der Waals surface area contributed by atoms with Gasteiger partial charge >= 0.3 is 0 Å². The predicted molar refractivity (Wildman–Crippen MR) is 137 cm³/mol. The number of halogens is 1. The molecule has 3 rings (SSSR count). The van der Waals surface area contributed by atoms with E-state index in [-0.39, 0.29) is 11.7 Å². The molecular formula is C26H32FN3O4S. The monoisotopic (exact) mass is 501 g/mol. The first-order valence-electron chi connectivity index (χ1n) is 11.3. The van der Waals surface area contributed by atoms with Crippen molar-refractivity contribution in [3.05, 3.63) is 65.1 Å². The van der Waals surface area contributed by atoms with E-state index in [0.717, 1.165) is 5.69 Å². The van der Waals surface area contributed by atoms with Crippen LogP contribution in [0.3, 0.4) is 0 Å². The first kappa shape index (κ1) is 26.7. The molecule has 0 aliphatic rings. The van der Waals surface area contributed by atoms with Crippen LogP contribution in [0, 0.1) is 5.82 Å². The van der Waals surface area contributed by atoms with E-state index in [4.69, 9.17) is 19.9 Å².